The van der Waals surface area contributed by atoms with Crippen LogP contribution in [0, 0.1) is 0 Å². The molecule has 1 aromatic carbocycles. The first-order valence-electron chi connectivity index (χ1n) is 3.82. The monoisotopic (exact) mass is 242 g/mol. The standard InChI is InChI=1S/C9H7BrO3/c10-7-8(11)5-3-1-2-4-6(5)13-9(7)12/h1-4,7,9,12H/t7-,9-/m1/s1. The maximum atomic E-state index is 11.5. The van der Waals surface area contributed by atoms with Crippen molar-refractivity contribution in [3.05, 3.63) is 29.8 Å². The average Bonchev–Trinajstić information content (AvgIpc) is 2.15. The summed E-state index contributed by atoms with van der Waals surface area (Å²) in [5.74, 6) is 0.296. The van der Waals surface area contributed by atoms with Gasteiger partial charge in [-0.3, -0.25) is 4.79 Å². The van der Waals surface area contributed by atoms with Crippen LogP contribution in [0.1, 0.15) is 10.4 Å². The second-order valence-corrected chi connectivity index (χ2v) is 3.76. The lowest BCUT2D eigenvalue weighted by molar-refractivity contribution is -0.0188. The summed E-state index contributed by atoms with van der Waals surface area (Å²) in [5, 5.41) is 9.30. The Bertz CT molecular complexity index is 350. The molecule has 0 saturated heterocycles. The summed E-state index contributed by atoms with van der Waals surface area (Å²) in [6, 6.07) is 6.86. The van der Waals surface area contributed by atoms with E-state index in [1.54, 1.807) is 24.3 Å². The lowest BCUT2D eigenvalue weighted by Gasteiger charge is -2.24. The van der Waals surface area contributed by atoms with Crippen LogP contribution in [0.4, 0.5) is 0 Å². The van der Waals surface area contributed by atoms with Gasteiger partial charge in [-0.05, 0) is 12.1 Å². The number of Topliss-reactive ketones (excluding diaryl/α,β-unsaturated/α-hetero) is 1. The Morgan fingerprint density at radius 2 is 2.08 bits per heavy atom. The molecule has 1 aliphatic rings. The van der Waals surface area contributed by atoms with Gasteiger partial charge in [0.2, 0.25) is 6.29 Å². The lowest BCUT2D eigenvalue weighted by Crippen LogP contribution is -2.38. The Balaban J connectivity index is 2.49. The number of rotatable bonds is 0. The first-order valence-corrected chi connectivity index (χ1v) is 4.74. The fraction of sp³-hybridized carbons (Fsp3) is 0.222. The maximum Gasteiger partial charge on any atom is 0.217 e. The largest absolute Gasteiger partial charge is 0.463 e. The summed E-state index contributed by atoms with van der Waals surface area (Å²) in [6.07, 6.45) is -1.10. The van der Waals surface area contributed by atoms with Crippen LogP contribution in [0.2, 0.25) is 0 Å². The zero-order chi connectivity index (χ0) is 9.42. The van der Waals surface area contributed by atoms with Gasteiger partial charge < -0.3 is 9.84 Å². The fourth-order valence-electron chi connectivity index (χ4n) is 1.24. The highest BCUT2D eigenvalue weighted by Gasteiger charge is 2.33. The summed E-state index contributed by atoms with van der Waals surface area (Å²) in [4.78, 5) is 10.9. The van der Waals surface area contributed by atoms with Crippen molar-refractivity contribution in [1.82, 2.24) is 0 Å². The Morgan fingerprint density at radius 3 is 2.85 bits per heavy atom. The van der Waals surface area contributed by atoms with E-state index in [1.807, 2.05) is 0 Å². The number of ketones is 1. The van der Waals surface area contributed by atoms with Gasteiger partial charge in [-0.25, -0.2) is 0 Å². The second kappa shape index (κ2) is 3.12. The van der Waals surface area contributed by atoms with Gasteiger partial charge in [-0.2, -0.15) is 0 Å². The van der Waals surface area contributed by atoms with E-state index < -0.39 is 11.1 Å². The van der Waals surface area contributed by atoms with Crippen molar-refractivity contribution in [2.24, 2.45) is 0 Å². The number of carbonyl (C=O) groups is 1. The number of aliphatic hydroxyl groups is 1. The fourth-order valence-corrected chi connectivity index (χ4v) is 1.60. The van der Waals surface area contributed by atoms with E-state index in [1.165, 1.54) is 0 Å². The van der Waals surface area contributed by atoms with Gasteiger partial charge >= 0.3 is 0 Å². The molecule has 2 atom stereocenters. The molecular formula is C9H7BrO3. The van der Waals surface area contributed by atoms with Crippen LogP contribution >= 0.6 is 15.9 Å². The van der Waals surface area contributed by atoms with Crippen molar-refractivity contribution in [2.75, 3.05) is 0 Å². The molecule has 2 rings (SSSR count). The van der Waals surface area contributed by atoms with Crippen LogP contribution in [-0.2, 0) is 0 Å². The van der Waals surface area contributed by atoms with E-state index in [-0.39, 0.29) is 5.78 Å². The van der Waals surface area contributed by atoms with Gasteiger partial charge in [-0.1, -0.05) is 28.1 Å². The van der Waals surface area contributed by atoms with E-state index >= 15 is 0 Å². The van der Waals surface area contributed by atoms with E-state index in [2.05, 4.69) is 15.9 Å². The first kappa shape index (κ1) is 8.72. The predicted molar refractivity (Wildman–Crippen MR) is 50.1 cm³/mol. The number of benzene rings is 1. The number of para-hydroxylation sites is 1. The molecule has 1 N–H and O–H groups in total. The molecule has 0 radical (unpaired) electrons. The van der Waals surface area contributed by atoms with E-state index in [4.69, 9.17) is 4.74 Å². The molecule has 68 valence electrons. The minimum Gasteiger partial charge on any atom is -0.463 e. The molecule has 0 aromatic heterocycles. The quantitative estimate of drug-likeness (QED) is 0.699. The highest BCUT2D eigenvalue weighted by atomic mass is 79.9. The zero-order valence-corrected chi connectivity index (χ0v) is 8.19. The number of fused-ring (bicyclic) bond motifs is 1. The number of hydrogen-bond donors (Lipinski definition) is 1. The average molecular weight is 243 g/mol. The van der Waals surface area contributed by atoms with Gasteiger partial charge in [0.25, 0.3) is 0 Å². The number of halogens is 1. The summed E-state index contributed by atoms with van der Waals surface area (Å²) in [6.45, 7) is 0. The van der Waals surface area contributed by atoms with Crippen LogP contribution in [0.25, 0.3) is 0 Å². The summed E-state index contributed by atoms with van der Waals surface area (Å²) in [5.41, 5.74) is 0.509. The molecule has 0 aliphatic carbocycles. The molecule has 0 amide bonds. The Kier molecular flexibility index (Phi) is 2.09. The molecule has 3 nitrogen and oxygen atoms in total. The number of ether oxygens (including phenoxy) is 1. The molecule has 1 aliphatic heterocycles. The molecule has 4 heteroatoms. The Labute approximate surface area is 83.5 Å². The molecule has 13 heavy (non-hydrogen) atoms. The highest BCUT2D eigenvalue weighted by Crippen LogP contribution is 2.29. The highest BCUT2D eigenvalue weighted by molar-refractivity contribution is 9.10. The SMILES string of the molecule is O=C1c2ccccc2O[C@@H](O)[C@@H]1Br. The van der Waals surface area contributed by atoms with Gasteiger partial charge in [-0.15, -0.1) is 0 Å². The van der Waals surface area contributed by atoms with Gasteiger partial charge in [0.1, 0.15) is 10.6 Å². The molecule has 0 unspecified atom stereocenters. The Morgan fingerprint density at radius 1 is 1.38 bits per heavy atom. The molecule has 1 heterocycles. The minimum atomic E-state index is -1.10. The maximum absolute atomic E-state index is 11.5. The molecule has 1 aromatic rings. The van der Waals surface area contributed by atoms with E-state index in [9.17, 15) is 9.90 Å². The molecular weight excluding hydrogens is 236 g/mol. The van der Waals surface area contributed by atoms with Crippen LogP contribution in [0.15, 0.2) is 24.3 Å². The van der Waals surface area contributed by atoms with Crippen LogP contribution in [0.5, 0.6) is 5.75 Å². The smallest absolute Gasteiger partial charge is 0.217 e. The van der Waals surface area contributed by atoms with Crippen LogP contribution < -0.4 is 4.74 Å². The zero-order valence-electron chi connectivity index (χ0n) is 6.61. The van der Waals surface area contributed by atoms with Crippen LogP contribution in [-0.4, -0.2) is 22.0 Å². The van der Waals surface area contributed by atoms with E-state index in [0.29, 0.717) is 11.3 Å². The topological polar surface area (TPSA) is 46.5 Å². The first-order chi connectivity index (χ1) is 6.20. The number of aliphatic hydroxyl groups excluding tert-OH is 1. The summed E-state index contributed by atoms with van der Waals surface area (Å²) >= 11 is 3.06. The molecule has 0 saturated carbocycles. The summed E-state index contributed by atoms with van der Waals surface area (Å²) in [7, 11) is 0. The van der Waals surface area contributed by atoms with Crippen molar-refractivity contribution < 1.29 is 14.6 Å². The number of hydrogen-bond acceptors (Lipinski definition) is 3. The second-order valence-electron chi connectivity index (χ2n) is 2.77. The normalized spacial score (nSPS) is 26.5. The van der Waals surface area contributed by atoms with Crippen molar-refractivity contribution in [2.45, 2.75) is 11.1 Å². The van der Waals surface area contributed by atoms with Gasteiger partial charge in [0.15, 0.2) is 5.78 Å². The van der Waals surface area contributed by atoms with Gasteiger partial charge in [0, 0.05) is 0 Å². The molecule has 0 fully saturated rings. The summed E-state index contributed by atoms with van der Waals surface area (Å²) < 4.78 is 5.10. The Hall–Kier alpha value is -0.870. The van der Waals surface area contributed by atoms with Crippen molar-refractivity contribution in [3.63, 3.8) is 0 Å². The van der Waals surface area contributed by atoms with Crippen LogP contribution in [0.3, 0.4) is 0 Å². The molecule has 0 bridgehead atoms. The third-order valence-electron chi connectivity index (χ3n) is 1.90. The number of alkyl halides is 1. The predicted octanol–water partition coefficient (Wildman–Crippen LogP) is 1.34. The third kappa shape index (κ3) is 1.36. The van der Waals surface area contributed by atoms with Crippen molar-refractivity contribution >= 4 is 21.7 Å². The van der Waals surface area contributed by atoms with E-state index in [0.717, 1.165) is 0 Å². The van der Waals surface area contributed by atoms with Crippen molar-refractivity contribution in [3.8, 4) is 5.75 Å². The number of carbonyl (C=O) groups excluding carboxylic acids is 1. The minimum absolute atomic E-state index is 0.144. The van der Waals surface area contributed by atoms with Gasteiger partial charge in [0.05, 0.1) is 5.56 Å². The third-order valence-corrected chi connectivity index (χ3v) is 2.77. The lowest BCUT2D eigenvalue weighted by atomic mass is 10.0. The molecule has 0 spiro atoms. The van der Waals surface area contributed by atoms with Crippen molar-refractivity contribution in [1.29, 1.82) is 0 Å².